The van der Waals surface area contributed by atoms with Crippen LogP contribution in [0.1, 0.15) is 68.3 Å². The van der Waals surface area contributed by atoms with Crippen molar-refractivity contribution in [1.29, 1.82) is 0 Å². The number of hydrogen-bond donors (Lipinski definition) is 0. The number of allylic oxidation sites excluding steroid dienone is 1. The van der Waals surface area contributed by atoms with E-state index in [1.54, 1.807) is 7.11 Å². The summed E-state index contributed by atoms with van der Waals surface area (Å²) in [6, 6.07) is 8.25. The lowest BCUT2D eigenvalue weighted by Crippen LogP contribution is -2.02. The van der Waals surface area contributed by atoms with E-state index in [1.165, 1.54) is 31.2 Å². The summed E-state index contributed by atoms with van der Waals surface area (Å²) in [4.78, 5) is 9.26. The van der Waals surface area contributed by atoms with Gasteiger partial charge in [0.05, 0.1) is 12.3 Å². The molecule has 0 bridgehead atoms. The van der Waals surface area contributed by atoms with Crippen molar-refractivity contribution < 1.29 is 14.3 Å². The summed E-state index contributed by atoms with van der Waals surface area (Å²) in [5, 5.41) is 3.92. The van der Waals surface area contributed by atoms with E-state index in [4.69, 9.17) is 14.3 Å². The molecule has 174 valence electrons. The van der Waals surface area contributed by atoms with Gasteiger partial charge >= 0.3 is 0 Å². The van der Waals surface area contributed by atoms with Gasteiger partial charge in [0.15, 0.2) is 0 Å². The van der Waals surface area contributed by atoms with Gasteiger partial charge in [0.25, 0.3) is 0 Å². The molecule has 1 heterocycles. The van der Waals surface area contributed by atoms with Gasteiger partial charge in [0.1, 0.15) is 30.9 Å². The fourth-order valence-electron chi connectivity index (χ4n) is 3.57. The van der Waals surface area contributed by atoms with E-state index >= 15 is 0 Å². The molecule has 0 aliphatic heterocycles. The van der Waals surface area contributed by atoms with Crippen LogP contribution in [-0.2, 0) is 11.3 Å². The molecule has 2 aromatic rings. The Balaban J connectivity index is 1.62. The number of oxime groups is 1. The second kappa shape index (κ2) is 14.3. The maximum absolute atomic E-state index is 6.08. The highest BCUT2D eigenvalue weighted by Gasteiger charge is 2.07. The number of benzene rings is 1. The highest BCUT2D eigenvalue weighted by Crippen LogP contribution is 2.28. The smallest absolute Gasteiger partial charge is 0.125 e. The zero-order chi connectivity index (χ0) is 23.2. The molecule has 2 rings (SSSR count). The van der Waals surface area contributed by atoms with Gasteiger partial charge in [-0.2, -0.15) is 0 Å². The number of nitrogens with zero attached hydrogens (tertiary/aromatic N) is 2. The van der Waals surface area contributed by atoms with Crippen molar-refractivity contribution in [3.63, 3.8) is 0 Å². The molecule has 0 radical (unpaired) electrons. The number of unbranched alkanes of at least 4 members (excludes halogenated alkanes) is 4. The molecule has 1 aromatic carbocycles. The Hall–Kier alpha value is -2.82. The van der Waals surface area contributed by atoms with Crippen LogP contribution >= 0.6 is 0 Å². The number of pyridine rings is 1. The Labute approximate surface area is 193 Å². The van der Waals surface area contributed by atoms with Crippen LogP contribution in [0.25, 0.3) is 0 Å². The van der Waals surface area contributed by atoms with Gasteiger partial charge in [-0.1, -0.05) is 42.6 Å². The Kier molecular flexibility index (Phi) is 11.4. The molecule has 0 amide bonds. The van der Waals surface area contributed by atoms with Crippen LogP contribution in [0.2, 0.25) is 0 Å². The van der Waals surface area contributed by atoms with Crippen LogP contribution in [0, 0.1) is 13.8 Å². The van der Waals surface area contributed by atoms with Crippen LogP contribution in [0.15, 0.2) is 47.8 Å². The first-order valence-corrected chi connectivity index (χ1v) is 11.6. The van der Waals surface area contributed by atoms with E-state index in [-0.39, 0.29) is 0 Å². The molecule has 0 spiro atoms. The molecule has 0 atom stereocenters. The van der Waals surface area contributed by atoms with Crippen molar-refractivity contribution in [3.05, 3.63) is 65.0 Å². The highest BCUT2D eigenvalue weighted by atomic mass is 16.6. The Morgan fingerprint density at radius 2 is 1.72 bits per heavy atom. The van der Waals surface area contributed by atoms with Crippen molar-refractivity contribution in [2.45, 2.75) is 66.2 Å². The van der Waals surface area contributed by atoms with Crippen LogP contribution in [0.3, 0.4) is 0 Å². The summed E-state index contributed by atoms with van der Waals surface area (Å²) >= 11 is 0. The lowest BCUT2D eigenvalue weighted by Gasteiger charge is -2.14. The average Bonchev–Trinajstić information content (AvgIpc) is 2.78. The predicted octanol–water partition coefficient (Wildman–Crippen LogP) is 6.60. The standard InChI is InChI=1S/C27H38N2O3/c1-6-7-16-31-25-18-21(2)27(22(3)19-25)32-17-12-10-8-9-11-13-24-14-15-26(28-20-24)23(4)29-30-5/h6-7,14-15,18-20H,8-13,16-17H2,1-5H3/b7-6+,29-23?. The molecule has 5 heteroatoms. The van der Waals surface area contributed by atoms with Crippen LogP contribution < -0.4 is 9.47 Å². The first-order valence-electron chi connectivity index (χ1n) is 11.6. The number of hydrogen-bond acceptors (Lipinski definition) is 5. The van der Waals surface area contributed by atoms with Crippen molar-refractivity contribution in [1.82, 2.24) is 4.98 Å². The Morgan fingerprint density at radius 1 is 1.00 bits per heavy atom. The molecule has 0 unspecified atom stereocenters. The summed E-state index contributed by atoms with van der Waals surface area (Å²) in [6.07, 6.45) is 12.9. The number of ether oxygens (including phenoxy) is 2. The molecule has 1 aromatic heterocycles. The fourth-order valence-corrected chi connectivity index (χ4v) is 3.57. The van der Waals surface area contributed by atoms with Crippen molar-refractivity contribution in [2.24, 2.45) is 5.16 Å². The van der Waals surface area contributed by atoms with E-state index in [0.717, 1.165) is 53.5 Å². The third kappa shape index (κ3) is 8.74. The predicted molar refractivity (Wildman–Crippen MR) is 132 cm³/mol. The first kappa shape index (κ1) is 25.4. The topological polar surface area (TPSA) is 52.9 Å². The van der Waals surface area contributed by atoms with Gasteiger partial charge in [-0.05, 0) is 81.8 Å². The minimum atomic E-state index is 0.598. The lowest BCUT2D eigenvalue weighted by atomic mass is 10.1. The molecular formula is C27H38N2O3. The van der Waals surface area contributed by atoms with Crippen LogP contribution in [-0.4, -0.2) is 31.0 Å². The van der Waals surface area contributed by atoms with E-state index < -0.39 is 0 Å². The normalized spacial score (nSPS) is 11.7. The van der Waals surface area contributed by atoms with Crippen LogP contribution in [0.5, 0.6) is 11.5 Å². The minimum Gasteiger partial charge on any atom is -0.493 e. The number of aryl methyl sites for hydroxylation is 3. The van der Waals surface area contributed by atoms with Gasteiger partial charge < -0.3 is 14.3 Å². The molecule has 0 aliphatic rings. The van der Waals surface area contributed by atoms with Crippen molar-refractivity contribution in [3.8, 4) is 11.5 Å². The van der Waals surface area contributed by atoms with E-state index in [9.17, 15) is 0 Å². The third-order valence-corrected chi connectivity index (χ3v) is 5.30. The molecule has 5 nitrogen and oxygen atoms in total. The van der Waals surface area contributed by atoms with Gasteiger partial charge in [-0.25, -0.2) is 0 Å². The average molecular weight is 439 g/mol. The maximum atomic E-state index is 6.08. The van der Waals surface area contributed by atoms with Gasteiger partial charge in [0.2, 0.25) is 0 Å². The summed E-state index contributed by atoms with van der Waals surface area (Å²) in [5.74, 6) is 1.89. The van der Waals surface area contributed by atoms with Gasteiger partial charge in [-0.15, -0.1) is 0 Å². The highest BCUT2D eigenvalue weighted by molar-refractivity contribution is 5.96. The second-order valence-corrected chi connectivity index (χ2v) is 8.04. The number of aromatic nitrogens is 1. The Morgan fingerprint density at radius 3 is 2.38 bits per heavy atom. The third-order valence-electron chi connectivity index (χ3n) is 5.30. The first-order chi connectivity index (χ1) is 15.5. The summed E-state index contributed by atoms with van der Waals surface area (Å²) in [5.41, 5.74) is 5.18. The van der Waals surface area contributed by atoms with Gasteiger partial charge in [0, 0.05) is 6.20 Å². The molecule has 0 aliphatic carbocycles. The molecule has 0 N–H and O–H groups in total. The summed E-state index contributed by atoms with van der Waals surface area (Å²) < 4.78 is 11.8. The fraction of sp³-hybridized carbons (Fsp3) is 0.481. The lowest BCUT2D eigenvalue weighted by molar-refractivity contribution is 0.213. The van der Waals surface area contributed by atoms with E-state index in [0.29, 0.717) is 6.61 Å². The Bertz CT molecular complexity index is 850. The zero-order valence-corrected chi connectivity index (χ0v) is 20.3. The molecule has 32 heavy (non-hydrogen) atoms. The molecule has 0 saturated carbocycles. The monoisotopic (exact) mass is 438 g/mol. The quantitative estimate of drug-likeness (QED) is 0.144. The van der Waals surface area contributed by atoms with Crippen LogP contribution in [0.4, 0.5) is 0 Å². The maximum Gasteiger partial charge on any atom is 0.125 e. The molecule has 0 saturated heterocycles. The SMILES string of the molecule is C/C=C/COc1cc(C)c(OCCCCCCCc2ccc(C(C)=NOC)nc2)c(C)c1. The largest absolute Gasteiger partial charge is 0.493 e. The minimum absolute atomic E-state index is 0.598. The molecular weight excluding hydrogens is 400 g/mol. The number of rotatable bonds is 14. The zero-order valence-electron chi connectivity index (χ0n) is 20.3. The van der Waals surface area contributed by atoms with E-state index in [2.05, 4.69) is 42.2 Å². The van der Waals surface area contributed by atoms with Crippen molar-refractivity contribution in [2.75, 3.05) is 20.3 Å². The van der Waals surface area contributed by atoms with Crippen molar-refractivity contribution >= 4 is 5.71 Å². The van der Waals surface area contributed by atoms with Gasteiger partial charge in [-0.3, -0.25) is 4.98 Å². The van der Waals surface area contributed by atoms with E-state index in [1.807, 2.05) is 38.3 Å². The summed E-state index contributed by atoms with van der Waals surface area (Å²) in [7, 11) is 1.55. The molecule has 0 fully saturated rings. The second-order valence-electron chi connectivity index (χ2n) is 8.04. The summed E-state index contributed by atoms with van der Waals surface area (Å²) in [6.45, 7) is 9.41.